The normalized spacial score (nSPS) is 23.8. The Kier molecular flexibility index (Phi) is 4.59. The van der Waals surface area contributed by atoms with Crippen LogP contribution in [0.1, 0.15) is 64.2 Å². The molecule has 88 valence electrons. The van der Waals surface area contributed by atoms with Crippen molar-refractivity contribution in [3.8, 4) is 0 Å². The number of rotatable bonds is 3. The molecule has 0 atom stereocenters. The van der Waals surface area contributed by atoms with E-state index in [4.69, 9.17) is 5.53 Å². The Morgan fingerprint density at radius 2 is 1.25 bits per heavy atom. The van der Waals surface area contributed by atoms with E-state index >= 15 is 0 Å². The van der Waals surface area contributed by atoms with E-state index in [1.807, 2.05) is 0 Å². The quantitative estimate of drug-likeness (QED) is 0.279. The summed E-state index contributed by atoms with van der Waals surface area (Å²) in [6.07, 6.45) is 13.3. The molecule has 2 aliphatic rings. The van der Waals surface area contributed by atoms with E-state index in [1.165, 1.54) is 64.2 Å². The third kappa shape index (κ3) is 2.94. The molecule has 0 saturated heterocycles. The average molecular weight is 219 g/mol. The summed E-state index contributed by atoms with van der Waals surface area (Å²) in [4.78, 5) is 3.11. The fourth-order valence-electron chi connectivity index (χ4n) is 3.58. The van der Waals surface area contributed by atoms with Gasteiger partial charge in [0.2, 0.25) is 6.85 Å². The number of hydrogen-bond donors (Lipinski definition) is 0. The van der Waals surface area contributed by atoms with Crippen LogP contribution in [0, 0.1) is 0 Å². The van der Waals surface area contributed by atoms with Crippen LogP contribution in [-0.4, -0.2) is 6.85 Å². The Bertz CT molecular complexity index is 233. The van der Waals surface area contributed by atoms with Crippen LogP contribution in [0.25, 0.3) is 10.4 Å². The summed E-state index contributed by atoms with van der Waals surface area (Å²) in [7, 11) is 0. The maximum atomic E-state index is 8.76. The van der Waals surface area contributed by atoms with Crippen LogP contribution in [0.15, 0.2) is 5.03 Å². The van der Waals surface area contributed by atoms with E-state index in [0.29, 0.717) is 18.5 Å². The van der Waals surface area contributed by atoms with Gasteiger partial charge in [-0.05, 0) is 10.4 Å². The summed E-state index contributed by atoms with van der Waals surface area (Å²) in [6, 6.07) is 0. The minimum absolute atomic E-state index is 0.311. The molecule has 3 nitrogen and oxygen atoms in total. The molecular formula is C12H22BN3. The van der Waals surface area contributed by atoms with Gasteiger partial charge in [-0.25, -0.2) is 0 Å². The van der Waals surface area contributed by atoms with Gasteiger partial charge >= 0.3 is 0 Å². The maximum absolute atomic E-state index is 8.76. The minimum Gasteiger partial charge on any atom is -0.148 e. The zero-order valence-corrected chi connectivity index (χ0v) is 10.1. The van der Waals surface area contributed by atoms with Gasteiger partial charge in [-0.2, -0.15) is 0 Å². The van der Waals surface area contributed by atoms with Crippen LogP contribution in [0.5, 0.6) is 0 Å². The first-order valence-electron chi connectivity index (χ1n) is 6.96. The van der Waals surface area contributed by atoms with Crippen molar-refractivity contribution in [1.29, 1.82) is 0 Å². The number of nitrogens with zero attached hydrogens (tertiary/aromatic N) is 3. The lowest BCUT2D eigenvalue weighted by atomic mass is 9.39. The Morgan fingerprint density at radius 1 is 0.812 bits per heavy atom. The number of azide groups is 1. The summed E-state index contributed by atoms with van der Waals surface area (Å²) in [5.74, 6) is 1.38. The third-order valence-corrected chi connectivity index (χ3v) is 4.45. The second-order valence-electron chi connectivity index (χ2n) is 5.49. The largest absolute Gasteiger partial charge is 0.249 e. The van der Waals surface area contributed by atoms with Gasteiger partial charge in [-0.1, -0.05) is 75.8 Å². The lowest BCUT2D eigenvalue weighted by Crippen LogP contribution is -2.28. The lowest BCUT2D eigenvalue weighted by Gasteiger charge is -2.32. The fraction of sp³-hybridized carbons (Fsp3) is 1.00. The van der Waals surface area contributed by atoms with Crippen molar-refractivity contribution < 1.29 is 0 Å². The van der Waals surface area contributed by atoms with Crippen molar-refractivity contribution in [1.82, 2.24) is 0 Å². The predicted octanol–water partition coefficient (Wildman–Crippen LogP) is 4.96. The molecule has 0 aromatic carbocycles. The Morgan fingerprint density at radius 3 is 1.62 bits per heavy atom. The Balaban J connectivity index is 1.99. The number of hydrogen-bond acceptors (Lipinski definition) is 1. The molecule has 4 heteroatoms. The Hall–Kier alpha value is -0.625. The standard InChI is InChI=1S/C12H22BN3/c14-16-15-13(11-7-3-1-4-8-11)12-9-5-2-6-10-12/h11-12H,1-10H2. The molecule has 2 saturated carbocycles. The SMILES string of the molecule is [N-]=[N+]=NB(C1CCCCC1)C1CCCCC1. The topological polar surface area (TPSA) is 48.8 Å². The van der Waals surface area contributed by atoms with Crippen molar-refractivity contribution in [2.75, 3.05) is 0 Å². The first-order chi connectivity index (χ1) is 7.92. The van der Waals surface area contributed by atoms with Gasteiger partial charge in [0.05, 0.1) is 0 Å². The van der Waals surface area contributed by atoms with Crippen LogP contribution in [-0.2, 0) is 0 Å². The lowest BCUT2D eigenvalue weighted by molar-refractivity contribution is 0.461. The van der Waals surface area contributed by atoms with Gasteiger partial charge in [0, 0.05) is 0 Å². The third-order valence-electron chi connectivity index (χ3n) is 4.45. The molecule has 0 amide bonds. The zero-order chi connectivity index (χ0) is 11.2. The van der Waals surface area contributed by atoms with E-state index in [1.54, 1.807) is 0 Å². The summed E-state index contributed by atoms with van der Waals surface area (Å²) in [5, 5.41) is 4.15. The van der Waals surface area contributed by atoms with Gasteiger partial charge in [0.15, 0.2) is 0 Å². The van der Waals surface area contributed by atoms with E-state index in [9.17, 15) is 0 Å². The van der Waals surface area contributed by atoms with E-state index in [2.05, 4.69) is 9.94 Å². The Labute approximate surface area is 98.7 Å². The summed E-state index contributed by atoms with van der Waals surface area (Å²) in [5.41, 5.74) is 8.76. The monoisotopic (exact) mass is 219 g/mol. The first kappa shape index (κ1) is 11.8. The van der Waals surface area contributed by atoms with Crippen LogP contribution in [0.2, 0.25) is 11.6 Å². The highest BCUT2D eigenvalue weighted by Gasteiger charge is 2.33. The molecule has 0 radical (unpaired) electrons. The van der Waals surface area contributed by atoms with Gasteiger partial charge in [0.1, 0.15) is 0 Å². The highest BCUT2D eigenvalue weighted by molar-refractivity contribution is 6.60. The van der Waals surface area contributed by atoms with Crippen LogP contribution >= 0.6 is 0 Å². The second-order valence-corrected chi connectivity index (χ2v) is 5.49. The second kappa shape index (κ2) is 6.19. The van der Waals surface area contributed by atoms with Crippen molar-refractivity contribution in [3.63, 3.8) is 0 Å². The molecule has 0 aliphatic heterocycles. The van der Waals surface area contributed by atoms with Gasteiger partial charge in [0.25, 0.3) is 0 Å². The average Bonchev–Trinajstić information content (AvgIpc) is 2.38. The molecule has 2 aliphatic carbocycles. The molecular weight excluding hydrogens is 197 g/mol. The van der Waals surface area contributed by atoms with Crippen LogP contribution in [0.4, 0.5) is 0 Å². The first-order valence-corrected chi connectivity index (χ1v) is 6.96. The molecule has 16 heavy (non-hydrogen) atoms. The van der Waals surface area contributed by atoms with E-state index in [-0.39, 0.29) is 0 Å². The smallest absolute Gasteiger partial charge is 0.148 e. The summed E-state index contributed by atoms with van der Waals surface area (Å²) < 4.78 is 0. The van der Waals surface area contributed by atoms with E-state index in [0.717, 1.165) is 0 Å². The summed E-state index contributed by atoms with van der Waals surface area (Å²) in [6.45, 7) is 0.311. The molecule has 0 heterocycles. The predicted molar refractivity (Wildman–Crippen MR) is 68.6 cm³/mol. The fourth-order valence-corrected chi connectivity index (χ4v) is 3.58. The highest BCUT2D eigenvalue weighted by Crippen LogP contribution is 2.41. The highest BCUT2D eigenvalue weighted by atomic mass is 15.1. The molecule has 0 aromatic heterocycles. The van der Waals surface area contributed by atoms with Gasteiger partial charge in [-0.3, -0.25) is 0 Å². The molecule has 2 fully saturated rings. The summed E-state index contributed by atoms with van der Waals surface area (Å²) >= 11 is 0. The molecule has 0 unspecified atom stereocenters. The minimum atomic E-state index is 0.311. The van der Waals surface area contributed by atoms with Crippen molar-refractivity contribution >= 4 is 6.85 Å². The molecule has 0 N–H and O–H groups in total. The van der Waals surface area contributed by atoms with Crippen LogP contribution < -0.4 is 0 Å². The van der Waals surface area contributed by atoms with E-state index < -0.39 is 0 Å². The molecule has 2 rings (SSSR count). The zero-order valence-electron chi connectivity index (χ0n) is 10.1. The van der Waals surface area contributed by atoms with Crippen molar-refractivity contribution in [2.24, 2.45) is 5.03 Å². The maximum Gasteiger partial charge on any atom is 0.249 e. The molecule has 0 bridgehead atoms. The van der Waals surface area contributed by atoms with Gasteiger partial charge in [-0.15, -0.1) is 5.03 Å². The van der Waals surface area contributed by atoms with Gasteiger partial charge < -0.3 is 0 Å². The van der Waals surface area contributed by atoms with Crippen molar-refractivity contribution in [3.05, 3.63) is 10.4 Å². The molecule has 0 aromatic rings. The molecule has 0 spiro atoms. The van der Waals surface area contributed by atoms with Crippen molar-refractivity contribution in [2.45, 2.75) is 75.8 Å². The van der Waals surface area contributed by atoms with Crippen LogP contribution in [0.3, 0.4) is 0 Å².